The Morgan fingerprint density at radius 1 is 1.15 bits per heavy atom. The lowest BCUT2D eigenvalue weighted by Gasteiger charge is -2.34. The number of ether oxygens (including phenoxy) is 1. The second-order valence-electron chi connectivity index (χ2n) is 8.58. The molecule has 0 spiro atoms. The molecule has 40 heavy (non-hydrogen) atoms. The number of thioether (sulfide) groups is 2. The maximum absolute atomic E-state index is 13.5. The second kappa shape index (κ2) is 11.6. The van der Waals surface area contributed by atoms with E-state index in [9.17, 15) is 13.2 Å². The number of halogens is 4. The van der Waals surface area contributed by atoms with Gasteiger partial charge in [0.25, 0.3) is 10.9 Å². The minimum absolute atomic E-state index is 0.0563. The number of benzene rings is 1. The molecule has 4 heterocycles. The highest BCUT2D eigenvalue weighted by atomic mass is 35.5. The van der Waals surface area contributed by atoms with Crippen molar-refractivity contribution in [3.05, 3.63) is 63.5 Å². The van der Waals surface area contributed by atoms with Crippen molar-refractivity contribution in [2.45, 2.75) is 49.5 Å². The summed E-state index contributed by atoms with van der Waals surface area (Å²) in [5.74, 6) is 0.624. The molecule has 4 aromatic rings. The monoisotopic (exact) mass is 629 g/mol. The van der Waals surface area contributed by atoms with E-state index in [1.807, 2.05) is 31.4 Å². The summed E-state index contributed by atoms with van der Waals surface area (Å²) in [4.78, 5) is 5.39. The summed E-state index contributed by atoms with van der Waals surface area (Å²) in [5.41, 5.74) is 1.77. The van der Waals surface area contributed by atoms with Crippen LogP contribution in [0.25, 0.3) is 10.8 Å². The molecule has 3 aromatic heterocycles. The van der Waals surface area contributed by atoms with Crippen molar-refractivity contribution in [3.8, 4) is 10.8 Å². The summed E-state index contributed by atoms with van der Waals surface area (Å²) in [7, 11) is 0. The van der Waals surface area contributed by atoms with E-state index >= 15 is 0 Å². The molecule has 1 unspecified atom stereocenters. The number of aromatic nitrogens is 5. The first-order valence-electron chi connectivity index (χ1n) is 12.1. The third kappa shape index (κ3) is 5.97. The number of hydrogen-bond acceptors (Lipinski definition) is 11. The Labute approximate surface area is 245 Å². The number of nitrogens with zero attached hydrogens (tertiary/aromatic N) is 7. The van der Waals surface area contributed by atoms with Gasteiger partial charge in [-0.2, -0.15) is 18.2 Å². The van der Waals surface area contributed by atoms with Crippen LogP contribution in [0.15, 0.2) is 50.5 Å². The van der Waals surface area contributed by atoms with Crippen LogP contribution in [-0.2, 0) is 23.2 Å². The summed E-state index contributed by atoms with van der Waals surface area (Å²) in [6.45, 7) is 6.02. The third-order valence-electron chi connectivity index (χ3n) is 5.74. The smallest absolute Gasteiger partial charge is 0.437 e. The van der Waals surface area contributed by atoms with Gasteiger partial charge in [0.15, 0.2) is 11.0 Å². The van der Waals surface area contributed by atoms with Crippen molar-refractivity contribution in [2.75, 3.05) is 12.3 Å². The van der Waals surface area contributed by atoms with Crippen molar-refractivity contribution < 1.29 is 22.4 Å². The average Bonchev–Trinajstić information content (AvgIpc) is 3.71. The van der Waals surface area contributed by atoms with Gasteiger partial charge in [-0.1, -0.05) is 46.3 Å². The molecule has 1 aliphatic rings. The van der Waals surface area contributed by atoms with Crippen molar-refractivity contribution in [3.63, 3.8) is 0 Å². The molecule has 0 saturated carbocycles. The fourth-order valence-electron chi connectivity index (χ4n) is 3.89. The molecular formula is C24H23ClF3N7O2S3. The van der Waals surface area contributed by atoms with Crippen LogP contribution in [-0.4, -0.2) is 53.2 Å². The van der Waals surface area contributed by atoms with Crippen LogP contribution in [0.1, 0.15) is 36.6 Å². The number of alkyl halides is 3. The first-order valence-corrected chi connectivity index (χ1v) is 15.3. The minimum atomic E-state index is -4.62. The van der Waals surface area contributed by atoms with Crippen LogP contribution in [0.4, 0.5) is 13.2 Å². The number of rotatable bonds is 10. The highest BCUT2D eigenvalue weighted by Crippen LogP contribution is 2.43. The highest BCUT2D eigenvalue weighted by molar-refractivity contribution is 8.03. The molecule has 1 aliphatic heterocycles. The van der Waals surface area contributed by atoms with Crippen molar-refractivity contribution >= 4 is 52.4 Å². The molecule has 0 aliphatic carbocycles. The molecule has 0 saturated heterocycles. The lowest BCUT2D eigenvalue weighted by atomic mass is 10.2. The van der Waals surface area contributed by atoms with Crippen LogP contribution in [0.3, 0.4) is 0 Å². The van der Waals surface area contributed by atoms with Crippen LogP contribution >= 0.6 is 46.5 Å². The van der Waals surface area contributed by atoms with E-state index in [0.717, 1.165) is 26.8 Å². The van der Waals surface area contributed by atoms with Gasteiger partial charge in [0.2, 0.25) is 11.7 Å². The Bertz CT molecular complexity index is 1520. The Hall–Kier alpha value is -2.75. The molecule has 212 valence electrons. The fraction of sp³-hybridized carbons (Fsp3) is 0.375. The predicted octanol–water partition coefficient (Wildman–Crippen LogP) is 6.78. The SMILES string of the molecule is CCN1N=C(c2cccc(Cl)c2)OC1(CSc1nnc(C(F)(F)F)n1CC)SCc1noc(-c2cc(C)cs2)n1. The molecule has 1 aromatic carbocycles. The van der Waals surface area contributed by atoms with Gasteiger partial charge >= 0.3 is 6.18 Å². The topological polar surface area (TPSA) is 94.5 Å². The summed E-state index contributed by atoms with van der Waals surface area (Å²) in [5, 5.41) is 19.3. The van der Waals surface area contributed by atoms with Crippen LogP contribution < -0.4 is 0 Å². The number of hydrogen-bond donors (Lipinski definition) is 0. The molecule has 0 radical (unpaired) electrons. The van der Waals surface area contributed by atoms with E-state index in [2.05, 4.69) is 25.4 Å². The first-order chi connectivity index (χ1) is 19.1. The Morgan fingerprint density at radius 3 is 2.65 bits per heavy atom. The van der Waals surface area contributed by atoms with E-state index in [0.29, 0.717) is 34.7 Å². The van der Waals surface area contributed by atoms with Crippen LogP contribution in [0.5, 0.6) is 0 Å². The van der Waals surface area contributed by atoms with Gasteiger partial charge in [-0.05, 0) is 56.0 Å². The van der Waals surface area contributed by atoms with Crippen LogP contribution in [0.2, 0.25) is 5.02 Å². The summed E-state index contributed by atoms with van der Waals surface area (Å²) in [6, 6.07) is 9.06. The lowest BCUT2D eigenvalue weighted by molar-refractivity contribution is -0.147. The second-order valence-corrected chi connectivity index (χ2v) is 12.1. The fourth-order valence-corrected chi connectivity index (χ4v) is 7.33. The summed E-state index contributed by atoms with van der Waals surface area (Å²) in [6.07, 6.45) is -4.62. The zero-order chi connectivity index (χ0) is 28.5. The first kappa shape index (κ1) is 28.8. The van der Waals surface area contributed by atoms with Gasteiger partial charge in [0.05, 0.1) is 16.4 Å². The molecule has 0 N–H and O–H groups in total. The number of aryl methyl sites for hydroxylation is 1. The van der Waals surface area contributed by atoms with Gasteiger partial charge in [0, 0.05) is 23.7 Å². The van der Waals surface area contributed by atoms with E-state index < -0.39 is 17.1 Å². The number of thiophene rings is 1. The largest absolute Gasteiger partial charge is 0.451 e. The van der Waals surface area contributed by atoms with E-state index in [-0.39, 0.29) is 23.2 Å². The van der Waals surface area contributed by atoms with E-state index in [1.54, 1.807) is 30.1 Å². The molecule has 0 bridgehead atoms. The normalized spacial score (nSPS) is 17.4. The van der Waals surface area contributed by atoms with Gasteiger partial charge in [-0.15, -0.1) is 26.6 Å². The maximum Gasteiger partial charge on any atom is 0.451 e. The predicted molar refractivity (Wildman–Crippen MR) is 149 cm³/mol. The average molecular weight is 630 g/mol. The highest BCUT2D eigenvalue weighted by Gasteiger charge is 2.46. The molecule has 5 rings (SSSR count). The Morgan fingerprint density at radius 2 is 1.98 bits per heavy atom. The summed E-state index contributed by atoms with van der Waals surface area (Å²) < 4.78 is 53.4. The minimum Gasteiger partial charge on any atom is -0.437 e. The van der Waals surface area contributed by atoms with Crippen molar-refractivity contribution in [1.82, 2.24) is 29.9 Å². The molecule has 16 heteroatoms. The number of hydrazone groups is 1. The van der Waals surface area contributed by atoms with Crippen molar-refractivity contribution in [2.24, 2.45) is 5.10 Å². The van der Waals surface area contributed by atoms with Gasteiger partial charge < -0.3 is 9.26 Å². The maximum atomic E-state index is 13.5. The lowest BCUT2D eigenvalue weighted by Crippen LogP contribution is -2.44. The molecule has 0 fully saturated rings. The molecule has 9 nitrogen and oxygen atoms in total. The molecular weight excluding hydrogens is 607 g/mol. The van der Waals surface area contributed by atoms with E-state index in [4.69, 9.17) is 20.9 Å². The van der Waals surface area contributed by atoms with Crippen molar-refractivity contribution in [1.29, 1.82) is 0 Å². The zero-order valence-corrected chi connectivity index (χ0v) is 24.7. The van der Waals surface area contributed by atoms with Gasteiger partial charge in [-0.25, -0.2) is 5.01 Å². The Balaban J connectivity index is 1.42. The molecule has 0 amide bonds. The third-order valence-corrected chi connectivity index (χ3v) is 9.58. The summed E-state index contributed by atoms with van der Waals surface area (Å²) >= 11 is 10.2. The van der Waals surface area contributed by atoms with Gasteiger partial charge in [-0.3, -0.25) is 4.57 Å². The zero-order valence-electron chi connectivity index (χ0n) is 21.5. The quantitative estimate of drug-likeness (QED) is 0.176. The van der Waals surface area contributed by atoms with E-state index in [1.165, 1.54) is 23.1 Å². The standard InChI is InChI=1S/C24H23ClF3N7O2S3/c1-4-34-21(24(26,27)28)30-31-22(34)39-13-23(35(5-2)32-19(36-23)15-7-6-8-16(25)10-15)40-12-18-29-20(37-33-18)17-9-14(3)11-38-17/h6-11H,4-5,12-13H2,1-3H3. The molecule has 1 atom stereocenters. The Kier molecular flexibility index (Phi) is 8.36. The van der Waals surface area contributed by atoms with Crippen LogP contribution in [0, 0.1) is 6.92 Å². The van der Waals surface area contributed by atoms with Gasteiger partial charge in [0.1, 0.15) is 0 Å².